The number of carbonyl (C=O) groups is 2. The lowest BCUT2D eigenvalue weighted by molar-refractivity contribution is -0.140. The van der Waals surface area contributed by atoms with Crippen LogP contribution >= 0.6 is 0 Å². The average molecular weight is 508 g/mol. The van der Waals surface area contributed by atoms with Gasteiger partial charge in [0.05, 0.1) is 31.0 Å². The summed E-state index contributed by atoms with van der Waals surface area (Å²) >= 11 is 0. The van der Waals surface area contributed by atoms with Crippen LogP contribution in [0.2, 0.25) is 0 Å². The van der Waals surface area contributed by atoms with Gasteiger partial charge in [-0.2, -0.15) is 0 Å². The number of furan rings is 1. The minimum absolute atomic E-state index is 0.0284. The van der Waals surface area contributed by atoms with E-state index in [-0.39, 0.29) is 17.9 Å². The molecule has 1 fully saturated rings. The highest BCUT2D eigenvalue weighted by atomic mass is 16.5. The lowest BCUT2D eigenvalue weighted by Gasteiger charge is -2.25. The molecule has 0 radical (unpaired) electrons. The van der Waals surface area contributed by atoms with Gasteiger partial charge >= 0.3 is 0 Å². The van der Waals surface area contributed by atoms with Gasteiger partial charge in [-0.3, -0.25) is 9.59 Å². The van der Waals surface area contributed by atoms with Crippen LogP contribution in [0.5, 0.6) is 11.5 Å². The van der Waals surface area contributed by atoms with Crippen molar-refractivity contribution in [2.45, 2.75) is 25.6 Å². The molecule has 1 N–H and O–H groups in total. The van der Waals surface area contributed by atoms with E-state index in [1.807, 2.05) is 54.6 Å². The summed E-state index contributed by atoms with van der Waals surface area (Å²) in [6.07, 6.45) is 2.24. The second kappa shape index (κ2) is 9.94. The molecule has 190 valence electrons. The van der Waals surface area contributed by atoms with Crippen molar-refractivity contribution in [2.24, 2.45) is 0 Å². The van der Waals surface area contributed by atoms with Crippen molar-refractivity contribution >= 4 is 17.4 Å². The maximum Gasteiger partial charge on any atom is 0.296 e. The highest BCUT2D eigenvalue weighted by molar-refractivity contribution is 6.46. The van der Waals surface area contributed by atoms with E-state index in [0.717, 1.165) is 16.9 Å². The molecule has 0 saturated carbocycles. The van der Waals surface area contributed by atoms with Crippen LogP contribution in [-0.2, 0) is 29.2 Å². The molecule has 0 bridgehead atoms. The molecule has 3 aromatic carbocycles. The Hall–Kier alpha value is -4.78. The Morgan fingerprint density at radius 1 is 0.974 bits per heavy atom. The van der Waals surface area contributed by atoms with Gasteiger partial charge in [0, 0.05) is 12.0 Å². The molecular formula is C31H25NO6. The predicted octanol–water partition coefficient (Wildman–Crippen LogP) is 5.42. The number of amides is 1. The van der Waals surface area contributed by atoms with Gasteiger partial charge < -0.3 is 23.9 Å². The first-order valence-corrected chi connectivity index (χ1v) is 12.4. The van der Waals surface area contributed by atoms with Gasteiger partial charge in [-0.25, -0.2) is 0 Å². The van der Waals surface area contributed by atoms with Crippen LogP contribution in [0.4, 0.5) is 0 Å². The highest BCUT2D eigenvalue weighted by Crippen LogP contribution is 2.42. The zero-order chi connectivity index (χ0) is 26.1. The molecule has 0 spiro atoms. The Kier molecular flexibility index (Phi) is 6.17. The van der Waals surface area contributed by atoms with Crippen molar-refractivity contribution < 1.29 is 28.6 Å². The zero-order valence-corrected chi connectivity index (χ0v) is 20.5. The standard InChI is InChI=1S/C31H25NO6/c33-29(23-11-12-26-21(16-23)13-15-37-26)27-28(32(31(35)30(27)34)18-25-10-5-14-36-25)22-8-4-9-24(17-22)38-19-20-6-2-1-3-7-20/h1-12,14,16-17,28,33H,13,15,18-19H2/b29-27-. The molecule has 6 rings (SSSR count). The number of Topliss-reactive ketones (excluding diaryl/α,β-unsaturated/α-hetero) is 1. The molecule has 7 nitrogen and oxygen atoms in total. The van der Waals surface area contributed by atoms with Crippen LogP contribution in [0.15, 0.2) is 101 Å². The smallest absolute Gasteiger partial charge is 0.296 e. The van der Waals surface area contributed by atoms with Gasteiger partial charge in [0.15, 0.2) is 0 Å². The number of aliphatic hydroxyl groups excluding tert-OH is 1. The third-order valence-corrected chi connectivity index (χ3v) is 6.83. The van der Waals surface area contributed by atoms with E-state index in [0.29, 0.717) is 42.3 Å². The predicted molar refractivity (Wildman–Crippen MR) is 139 cm³/mol. The Morgan fingerprint density at radius 2 is 1.84 bits per heavy atom. The minimum atomic E-state index is -0.829. The fraction of sp³-hybridized carbons (Fsp3) is 0.161. The minimum Gasteiger partial charge on any atom is -0.507 e. The molecule has 2 aliphatic rings. The van der Waals surface area contributed by atoms with E-state index in [1.165, 1.54) is 11.2 Å². The average Bonchev–Trinajstić information content (AvgIpc) is 3.69. The number of rotatable bonds is 7. The van der Waals surface area contributed by atoms with Crippen LogP contribution in [0.1, 0.15) is 34.1 Å². The largest absolute Gasteiger partial charge is 0.507 e. The normalized spacial score (nSPS) is 17.9. The third-order valence-electron chi connectivity index (χ3n) is 6.83. The first-order valence-electron chi connectivity index (χ1n) is 12.4. The number of likely N-dealkylation sites (tertiary alicyclic amines) is 1. The molecule has 1 atom stereocenters. The van der Waals surface area contributed by atoms with Crippen molar-refractivity contribution in [1.29, 1.82) is 0 Å². The maximum atomic E-state index is 13.4. The molecule has 0 aliphatic carbocycles. The fourth-order valence-corrected chi connectivity index (χ4v) is 4.96. The third kappa shape index (κ3) is 4.43. The number of ketones is 1. The summed E-state index contributed by atoms with van der Waals surface area (Å²) in [6, 6.07) is 25.0. The number of aliphatic hydroxyl groups is 1. The van der Waals surface area contributed by atoms with E-state index in [9.17, 15) is 14.7 Å². The Labute approximate surface area is 219 Å². The van der Waals surface area contributed by atoms with Crippen molar-refractivity contribution in [3.8, 4) is 11.5 Å². The lowest BCUT2D eigenvalue weighted by Crippen LogP contribution is -2.29. The Bertz CT molecular complexity index is 1520. The van der Waals surface area contributed by atoms with Crippen LogP contribution < -0.4 is 9.47 Å². The molecule has 38 heavy (non-hydrogen) atoms. The highest BCUT2D eigenvalue weighted by Gasteiger charge is 2.46. The molecule has 1 amide bonds. The van der Waals surface area contributed by atoms with Crippen molar-refractivity contribution in [3.63, 3.8) is 0 Å². The lowest BCUT2D eigenvalue weighted by atomic mass is 9.94. The summed E-state index contributed by atoms with van der Waals surface area (Å²) in [7, 11) is 0. The van der Waals surface area contributed by atoms with E-state index in [1.54, 1.807) is 30.3 Å². The fourth-order valence-electron chi connectivity index (χ4n) is 4.96. The van der Waals surface area contributed by atoms with E-state index < -0.39 is 17.7 Å². The summed E-state index contributed by atoms with van der Waals surface area (Å²) in [5, 5.41) is 11.4. The molecule has 3 heterocycles. The van der Waals surface area contributed by atoms with Gasteiger partial charge in [-0.15, -0.1) is 0 Å². The molecule has 1 unspecified atom stereocenters. The summed E-state index contributed by atoms with van der Waals surface area (Å²) in [5.74, 6) is 0.215. The second-order valence-corrected chi connectivity index (χ2v) is 9.27. The molecule has 2 aliphatic heterocycles. The first-order chi connectivity index (χ1) is 18.6. The molecule has 1 aromatic heterocycles. The Morgan fingerprint density at radius 3 is 2.66 bits per heavy atom. The molecular weight excluding hydrogens is 482 g/mol. The van der Waals surface area contributed by atoms with Crippen LogP contribution in [0.3, 0.4) is 0 Å². The molecule has 7 heteroatoms. The summed E-state index contributed by atoms with van der Waals surface area (Å²) < 4.78 is 17.1. The maximum absolute atomic E-state index is 13.4. The number of nitrogens with zero attached hydrogens (tertiary/aromatic N) is 1. The van der Waals surface area contributed by atoms with Gasteiger partial charge in [0.2, 0.25) is 0 Å². The van der Waals surface area contributed by atoms with Crippen LogP contribution in [0, 0.1) is 0 Å². The molecule has 1 saturated heterocycles. The first kappa shape index (κ1) is 23.6. The van der Waals surface area contributed by atoms with Gasteiger partial charge in [-0.05, 0) is 59.2 Å². The number of carbonyl (C=O) groups excluding carboxylic acids is 2. The van der Waals surface area contributed by atoms with Crippen molar-refractivity contribution in [3.05, 3.63) is 125 Å². The van der Waals surface area contributed by atoms with Crippen LogP contribution in [0.25, 0.3) is 5.76 Å². The number of hydrogen-bond acceptors (Lipinski definition) is 6. The van der Waals surface area contributed by atoms with Crippen molar-refractivity contribution in [1.82, 2.24) is 4.90 Å². The topological polar surface area (TPSA) is 89.2 Å². The van der Waals surface area contributed by atoms with Crippen molar-refractivity contribution in [2.75, 3.05) is 6.61 Å². The quantitative estimate of drug-likeness (QED) is 0.204. The van der Waals surface area contributed by atoms with Crippen LogP contribution in [-0.4, -0.2) is 28.3 Å². The van der Waals surface area contributed by atoms with Gasteiger partial charge in [0.25, 0.3) is 11.7 Å². The SMILES string of the molecule is O=C1C(=O)N(Cc2ccco2)C(c2cccc(OCc3ccccc3)c2)/C1=C(/O)c1ccc2c(c1)CCO2. The second-order valence-electron chi connectivity index (χ2n) is 9.27. The molecule has 4 aromatic rings. The number of fused-ring (bicyclic) bond motifs is 1. The van der Waals surface area contributed by atoms with E-state index in [4.69, 9.17) is 13.9 Å². The number of hydrogen-bond donors (Lipinski definition) is 1. The van der Waals surface area contributed by atoms with Gasteiger partial charge in [-0.1, -0.05) is 42.5 Å². The number of benzene rings is 3. The summed E-state index contributed by atoms with van der Waals surface area (Å²) in [6.45, 7) is 1.02. The van der Waals surface area contributed by atoms with E-state index >= 15 is 0 Å². The summed E-state index contributed by atoms with van der Waals surface area (Å²) in [4.78, 5) is 28.1. The Balaban J connectivity index is 1.40. The monoisotopic (exact) mass is 507 g/mol. The zero-order valence-electron chi connectivity index (χ0n) is 20.5. The number of ether oxygens (including phenoxy) is 2. The van der Waals surface area contributed by atoms with E-state index in [2.05, 4.69) is 0 Å². The van der Waals surface area contributed by atoms with Gasteiger partial charge in [0.1, 0.15) is 29.6 Å². The summed E-state index contributed by atoms with van der Waals surface area (Å²) in [5.41, 5.74) is 3.11.